The second kappa shape index (κ2) is 6.94. The van der Waals surface area contributed by atoms with E-state index >= 15 is 0 Å². The van der Waals surface area contributed by atoms with Gasteiger partial charge in [-0.1, -0.05) is 32.9 Å². The average molecular weight is 354 g/mol. The molecule has 1 atom stereocenters. The van der Waals surface area contributed by atoms with E-state index in [1.54, 1.807) is 6.07 Å². The third-order valence-corrected chi connectivity index (χ3v) is 4.59. The van der Waals surface area contributed by atoms with Crippen molar-refractivity contribution in [1.82, 2.24) is 15.5 Å². The minimum Gasteiger partial charge on any atom is -0.344 e. The van der Waals surface area contributed by atoms with Crippen molar-refractivity contribution < 1.29 is 9.59 Å². The number of anilines is 1. The van der Waals surface area contributed by atoms with E-state index < -0.39 is 0 Å². The van der Waals surface area contributed by atoms with Crippen molar-refractivity contribution in [2.24, 2.45) is 5.92 Å². The van der Waals surface area contributed by atoms with Gasteiger partial charge >= 0.3 is 0 Å². The van der Waals surface area contributed by atoms with Gasteiger partial charge < -0.3 is 10.6 Å². The molecule has 1 aliphatic carbocycles. The first kappa shape index (κ1) is 18.2. The lowest BCUT2D eigenvalue weighted by Gasteiger charge is -2.15. The lowest BCUT2D eigenvalue weighted by atomic mass is 9.92. The van der Waals surface area contributed by atoms with Crippen LogP contribution in [-0.2, 0) is 10.2 Å². The lowest BCUT2D eigenvalue weighted by molar-refractivity contribution is -0.117. The molecule has 0 radical (unpaired) electrons. The average Bonchev–Trinajstić information content (AvgIpc) is 3.30. The molecule has 26 heavy (non-hydrogen) atoms. The maximum Gasteiger partial charge on any atom is 0.272 e. The van der Waals surface area contributed by atoms with Crippen LogP contribution in [0.2, 0.25) is 0 Å². The van der Waals surface area contributed by atoms with E-state index in [2.05, 4.69) is 41.6 Å². The van der Waals surface area contributed by atoms with Crippen LogP contribution in [-0.4, -0.2) is 22.0 Å². The highest BCUT2D eigenvalue weighted by Gasteiger charge is 2.29. The minimum atomic E-state index is -0.213. The number of nitrogens with one attached hydrogen (secondary N) is 3. The van der Waals surface area contributed by atoms with Gasteiger partial charge in [-0.15, -0.1) is 0 Å². The fourth-order valence-electron chi connectivity index (χ4n) is 2.62. The standard InChI is InChI=1S/C20H26N4O2/c1-12(21-19(26)16-11-17(24-23-16)20(2,3)4)13-7-9-15(10-8-13)22-18(25)14-5-6-14/h7-12,14H,5-6H2,1-4H3,(H,21,26)(H,22,25)(H,23,24). The summed E-state index contributed by atoms with van der Waals surface area (Å²) in [5.74, 6) is 0.0578. The Balaban J connectivity index is 1.60. The Kier molecular flexibility index (Phi) is 4.85. The van der Waals surface area contributed by atoms with Gasteiger partial charge in [0.2, 0.25) is 5.91 Å². The molecule has 6 nitrogen and oxygen atoms in total. The number of rotatable bonds is 5. The molecular formula is C20H26N4O2. The summed E-state index contributed by atoms with van der Waals surface area (Å²) in [6.45, 7) is 8.12. The summed E-state index contributed by atoms with van der Waals surface area (Å²) < 4.78 is 0. The van der Waals surface area contributed by atoms with Crippen LogP contribution in [0.15, 0.2) is 30.3 Å². The molecule has 1 aromatic carbocycles. The zero-order valence-corrected chi connectivity index (χ0v) is 15.7. The predicted octanol–water partition coefficient (Wildman–Crippen LogP) is 3.55. The highest BCUT2D eigenvalue weighted by molar-refractivity contribution is 5.94. The first-order valence-electron chi connectivity index (χ1n) is 9.01. The lowest BCUT2D eigenvalue weighted by Crippen LogP contribution is -2.27. The van der Waals surface area contributed by atoms with Gasteiger partial charge in [0.15, 0.2) is 0 Å². The Bertz CT molecular complexity index is 798. The molecule has 0 saturated heterocycles. The molecule has 0 aliphatic heterocycles. The Morgan fingerprint density at radius 3 is 2.38 bits per heavy atom. The molecule has 1 aliphatic rings. The monoisotopic (exact) mass is 354 g/mol. The quantitative estimate of drug-likeness (QED) is 0.767. The van der Waals surface area contributed by atoms with E-state index in [0.29, 0.717) is 5.69 Å². The molecule has 138 valence electrons. The number of carbonyl (C=O) groups is 2. The van der Waals surface area contributed by atoms with Crippen molar-refractivity contribution >= 4 is 17.5 Å². The van der Waals surface area contributed by atoms with Crippen LogP contribution in [0.3, 0.4) is 0 Å². The fourth-order valence-corrected chi connectivity index (χ4v) is 2.62. The minimum absolute atomic E-state index is 0.0854. The van der Waals surface area contributed by atoms with Crippen molar-refractivity contribution in [3.8, 4) is 0 Å². The van der Waals surface area contributed by atoms with Crippen molar-refractivity contribution in [1.29, 1.82) is 0 Å². The second-order valence-corrected chi connectivity index (χ2v) is 8.00. The zero-order valence-electron chi connectivity index (χ0n) is 15.7. The third kappa shape index (κ3) is 4.31. The van der Waals surface area contributed by atoms with Gasteiger partial charge in [0, 0.05) is 22.7 Å². The van der Waals surface area contributed by atoms with Gasteiger partial charge in [-0.2, -0.15) is 5.10 Å². The van der Waals surface area contributed by atoms with Gasteiger partial charge in [-0.05, 0) is 43.5 Å². The smallest absolute Gasteiger partial charge is 0.272 e. The molecular weight excluding hydrogens is 328 g/mol. The molecule has 1 unspecified atom stereocenters. The molecule has 2 aromatic rings. The molecule has 0 bridgehead atoms. The van der Waals surface area contributed by atoms with Crippen LogP contribution in [0, 0.1) is 5.92 Å². The van der Waals surface area contributed by atoms with Crippen LogP contribution in [0.25, 0.3) is 0 Å². The Morgan fingerprint density at radius 2 is 1.85 bits per heavy atom. The summed E-state index contributed by atoms with van der Waals surface area (Å²) in [7, 11) is 0. The Hall–Kier alpha value is -2.63. The predicted molar refractivity (Wildman–Crippen MR) is 101 cm³/mol. The summed E-state index contributed by atoms with van der Waals surface area (Å²) in [5, 5.41) is 12.9. The van der Waals surface area contributed by atoms with Gasteiger partial charge in [-0.25, -0.2) is 0 Å². The van der Waals surface area contributed by atoms with Crippen molar-refractivity contribution in [3.63, 3.8) is 0 Å². The molecule has 3 N–H and O–H groups in total. The number of aromatic amines is 1. The van der Waals surface area contributed by atoms with E-state index in [1.807, 2.05) is 31.2 Å². The molecule has 1 saturated carbocycles. The molecule has 6 heteroatoms. The summed E-state index contributed by atoms with van der Waals surface area (Å²) in [6, 6.07) is 9.19. The van der Waals surface area contributed by atoms with E-state index in [0.717, 1.165) is 29.8 Å². The number of hydrogen-bond donors (Lipinski definition) is 3. The normalized spacial score (nSPS) is 15.4. The van der Waals surface area contributed by atoms with E-state index in [-0.39, 0.29) is 29.2 Å². The van der Waals surface area contributed by atoms with Crippen LogP contribution in [0.1, 0.15) is 68.3 Å². The van der Waals surface area contributed by atoms with E-state index in [4.69, 9.17) is 0 Å². The SMILES string of the molecule is CC(NC(=O)c1cc(C(C)(C)C)[nH]n1)c1ccc(NC(=O)C2CC2)cc1. The van der Waals surface area contributed by atoms with Gasteiger partial charge in [0.05, 0.1) is 6.04 Å². The number of H-pyrrole nitrogens is 1. The topological polar surface area (TPSA) is 86.9 Å². The van der Waals surface area contributed by atoms with Crippen molar-refractivity contribution in [2.75, 3.05) is 5.32 Å². The van der Waals surface area contributed by atoms with Crippen LogP contribution in [0.5, 0.6) is 0 Å². The third-order valence-electron chi connectivity index (χ3n) is 4.59. The van der Waals surface area contributed by atoms with E-state index in [9.17, 15) is 9.59 Å². The summed E-state index contributed by atoms with van der Waals surface area (Å²) >= 11 is 0. The molecule has 1 heterocycles. The zero-order chi connectivity index (χ0) is 18.9. The molecule has 0 spiro atoms. The number of benzene rings is 1. The fraction of sp³-hybridized carbons (Fsp3) is 0.450. The molecule has 3 rings (SSSR count). The number of nitrogens with zero attached hydrogens (tertiary/aromatic N) is 1. The molecule has 2 amide bonds. The molecule has 1 aromatic heterocycles. The largest absolute Gasteiger partial charge is 0.344 e. The summed E-state index contributed by atoms with van der Waals surface area (Å²) in [6.07, 6.45) is 1.97. The van der Waals surface area contributed by atoms with Crippen LogP contribution in [0.4, 0.5) is 5.69 Å². The van der Waals surface area contributed by atoms with Gasteiger partial charge in [-0.3, -0.25) is 14.7 Å². The van der Waals surface area contributed by atoms with Crippen LogP contribution < -0.4 is 10.6 Å². The number of aromatic nitrogens is 2. The molecule has 1 fully saturated rings. The Labute approximate surface area is 153 Å². The highest BCUT2D eigenvalue weighted by atomic mass is 16.2. The van der Waals surface area contributed by atoms with Crippen molar-refractivity contribution in [2.45, 2.75) is 52.0 Å². The summed E-state index contributed by atoms with van der Waals surface area (Å²) in [5.41, 5.74) is 2.97. The van der Waals surface area contributed by atoms with Gasteiger partial charge in [0.1, 0.15) is 5.69 Å². The summed E-state index contributed by atoms with van der Waals surface area (Å²) in [4.78, 5) is 24.2. The number of hydrogen-bond acceptors (Lipinski definition) is 3. The number of carbonyl (C=O) groups excluding carboxylic acids is 2. The maximum absolute atomic E-state index is 12.4. The number of amides is 2. The van der Waals surface area contributed by atoms with Crippen LogP contribution >= 0.6 is 0 Å². The van der Waals surface area contributed by atoms with E-state index in [1.165, 1.54) is 0 Å². The maximum atomic E-state index is 12.4. The first-order valence-corrected chi connectivity index (χ1v) is 9.01. The second-order valence-electron chi connectivity index (χ2n) is 8.00. The van der Waals surface area contributed by atoms with Gasteiger partial charge in [0.25, 0.3) is 5.91 Å². The highest BCUT2D eigenvalue weighted by Crippen LogP contribution is 2.30. The van der Waals surface area contributed by atoms with Crippen molar-refractivity contribution in [3.05, 3.63) is 47.3 Å². The Morgan fingerprint density at radius 1 is 1.19 bits per heavy atom. The first-order chi connectivity index (χ1) is 12.2.